The fourth-order valence-electron chi connectivity index (χ4n) is 4.74. The summed E-state index contributed by atoms with van der Waals surface area (Å²) >= 11 is 0. The van der Waals surface area contributed by atoms with Crippen molar-refractivity contribution in [2.24, 2.45) is 7.05 Å². The number of piperidine rings is 1. The molecule has 4 rings (SSSR count). The van der Waals surface area contributed by atoms with E-state index >= 15 is 0 Å². The minimum atomic E-state index is -0.823. The Balaban J connectivity index is 1.51. The van der Waals surface area contributed by atoms with E-state index in [1.54, 1.807) is 6.20 Å². The highest BCUT2D eigenvalue weighted by molar-refractivity contribution is 5.34. The first-order valence-electron chi connectivity index (χ1n) is 9.77. The summed E-state index contributed by atoms with van der Waals surface area (Å²) < 4.78 is 7.91. The second kappa shape index (κ2) is 7.13. The van der Waals surface area contributed by atoms with Crippen molar-refractivity contribution < 1.29 is 9.84 Å². The number of para-hydroxylation sites is 1. The summed E-state index contributed by atoms with van der Waals surface area (Å²) in [6, 6.07) is 9.02. The Kier molecular flexibility index (Phi) is 4.82. The van der Waals surface area contributed by atoms with E-state index in [4.69, 9.17) is 4.74 Å². The number of rotatable bonds is 6. The maximum atomic E-state index is 11.3. The van der Waals surface area contributed by atoms with Crippen LogP contribution in [0, 0.1) is 0 Å². The number of hydrogen-bond donors (Lipinski definition) is 1. The molecule has 2 bridgehead atoms. The lowest BCUT2D eigenvalue weighted by Crippen LogP contribution is -2.50. The first kappa shape index (κ1) is 18.3. The van der Waals surface area contributed by atoms with Crippen LogP contribution in [-0.2, 0) is 19.2 Å². The van der Waals surface area contributed by atoms with Crippen LogP contribution in [-0.4, -0.2) is 38.2 Å². The molecule has 0 radical (unpaired) electrons. The summed E-state index contributed by atoms with van der Waals surface area (Å²) in [6.45, 7) is 7.31. The summed E-state index contributed by atoms with van der Waals surface area (Å²) in [4.78, 5) is 6.99. The molecule has 2 atom stereocenters. The Morgan fingerprint density at radius 3 is 2.63 bits per heavy atom. The van der Waals surface area contributed by atoms with Gasteiger partial charge in [-0.3, -0.25) is 4.90 Å². The van der Waals surface area contributed by atoms with E-state index in [2.05, 4.69) is 28.6 Å². The highest BCUT2D eigenvalue weighted by atomic mass is 16.5. The normalized spacial score (nSPS) is 27.7. The van der Waals surface area contributed by atoms with Gasteiger partial charge in [-0.05, 0) is 44.2 Å². The molecule has 5 nitrogen and oxygen atoms in total. The van der Waals surface area contributed by atoms with Crippen molar-refractivity contribution in [1.29, 1.82) is 0 Å². The van der Waals surface area contributed by atoms with E-state index in [0.717, 1.165) is 49.4 Å². The summed E-state index contributed by atoms with van der Waals surface area (Å²) in [7, 11) is 1.96. The molecule has 0 unspecified atom stereocenters. The van der Waals surface area contributed by atoms with E-state index in [1.165, 1.54) is 5.56 Å². The van der Waals surface area contributed by atoms with Gasteiger partial charge in [0.1, 0.15) is 23.8 Å². The van der Waals surface area contributed by atoms with Gasteiger partial charge in [0.15, 0.2) is 0 Å². The SMILES string of the molecule is C=C(C)COc1ccccc1CN1[C@@H]2CC[C@@H]1CC(O)(c1nccn1C)C2. The fraction of sp³-hybridized carbons (Fsp3) is 0.500. The molecule has 2 aliphatic heterocycles. The van der Waals surface area contributed by atoms with Crippen LogP contribution in [0.2, 0.25) is 0 Å². The number of ether oxygens (including phenoxy) is 1. The van der Waals surface area contributed by atoms with Crippen molar-refractivity contribution in [3.05, 3.63) is 60.2 Å². The molecule has 144 valence electrons. The summed E-state index contributed by atoms with van der Waals surface area (Å²) in [5.74, 6) is 1.73. The maximum Gasteiger partial charge on any atom is 0.140 e. The average Bonchev–Trinajstić information content (AvgIpc) is 3.17. The van der Waals surface area contributed by atoms with Crippen molar-refractivity contribution >= 4 is 0 Å². The Morgan fingerprint density at radius 2 is 2.00 bits per heavy atom. The zero-order chi connectivity index (χ0) is 19.0. The van der Waals surface area contributed by atoms with E-state index in [9.17, 15) is 5.11 Å². The van der Waals surface area contributed by atoms with E-state index in [-0.39, 0.29) is 0 Å². The third kappa shape index (κ3) is 3.54. The number of hydrogen-bond acceptors (Lipinski definition) is 4. The largest absolute Gasteiger partial charge is 0.489 e. The van der Waals surface area contributed by atoms with E-state index in [0.29, 0.717) is 18.7 Å². The van der Waals surface area contributed by atoms with Gasteiger partial charge in [0, 0.05) is 43.6 Å². The number of aliphatic hydroxyl groups is 1. The molecule has 2 saturated heterocycles. The number of aromatic nitrogens is 2. The lowest BCUT2D eigenvalue weighted by atomic mass is 9.85. The minimum Gasteiger partial charge on any atom is -0.489 e. The lowest BCUT2D eigenvalue weighted by Gasteiger charge is -2.43. The second-order valence-corrected chi connectivity index (χ2v) is 8.21. The molecular weight excluding hydrogens is 338 g/mol. The number of imidazole rings is 1. The van der Waals surface area contributed by atoms with Gasteiger partial charge in [0.25, 0.3) is 0 Å². The molecule has 2 aliphatic rings. The van der Waals surface area contributed by atoms with Gasteiger partial charge in [-0.25, -0.2) is 4.98 Å². The number of benzene rings is 1. The number of nitrogens with zero attached hydrogens (tertiary/aromatic N) is 3. The van der Waals surface area contributed by atoms with Crippen molar-refractivity contribution in [1.82, 2.24) is 14.5 Å². The monoisotopic (exact) mass is 367 g/mol. The molecule has 5 heteroatoms. The summed E-state index contributed by atoms with van der Waals surface area (Å²) in [6.07, 6.45) is 7.43. The van der Waals surface area contributed by atoms with Crippen LogP contribution in [0.15, 0.2) is 48.8 Å². The third-order valence-electron chi connectivity index (χ3n) is 5.95. The number of aryl methyl sites for hydroxylation is 1. The standard InChI is InChI=1S/C22H29N3O2/c1-16(2)15-27-20-7-5-4-6-17(20)14-25-18-8-9-19(25)13-22(26,12-18)21-23-10-11-24(21)3/h4-7,10-11,18-19,26H,1,8-9,12-15H2,2-3H3/t18-,19-/m1/s1. The molecule has 2 aromatic rings. The van der Waals surface area contributed by atoms with Crippen LogP contribution in [0.25, 0.3) is 0 Å². The predicted molar refractivity (Wildman–Crippen MR) is 105 cm³/mol. The van der Waals surface area contributed by atoms with Crippen LogP contribution in [0.1, 0.15) is 44.0 Å². The van der Waals surface area contributed by atoms with Gasteiger partial charge in [-0.1, -0.05) is 24.8 Å². The van der Waals surface area contributed by atoms with Crippen LogP contribution in [0.4, 0.5) is 0 Å². The van der Waals surface area contributed by atoms with Gasteiger partial charge in [0.2, 0.25) is 0 Å². The smallest absolute Gasteiger partial charge is 0.140 e. The summed E-state index contributed by atoms with van der Waals surface area (Å²) in [5, 5.41) is 11.3. The molecule has 0 amide bonds. The fourth-order valence-corrected chi connectivity index (χ4v) is 4.74. The van der Waals surface area contributed by atoms with Gasteiger partial charge in [-0.2, -0.15) is 0 Å². The zero-order valence-electron chi connectivity index (χ0n) is 16.3. The minimum absolute atomic E-state index is 0.375. The zero-order valence-corrected chi connectivity index (χ0v) is 16.3. The topological polar surface area (TPSA) is 50.5 Å². The van der Waals surface area contributed by atoms with Crippen LogP contribution in [0.3, 0.4) is 0 Å². The van der Waals surface area contributed by atoms with Crippen molar-refractivity contribution in [2.75, 3.05) is 6.61 Å². The molecule has 1 aromatic carbocycles. The van der Waals surface area contributed by atoms with E-state index in [1.807, 2.05) is 36.9 Å². The molecule has 27 heavy (non-hydrogen) atoms. The molecule has 3 heterocycles. The Bertz CT molecular complexity index is 814. The second-order valence-electron chi connectivity index (χ2n) is 8.21. The predicted octanol–water partition coefficient (Wildman–Crippen LogP) is 3.39. The van der Waals surface area contributed by atoms with Crippen LogP contribution in [0.5, 0.6) is 5.75 Å². The van der Waals surface area contributed by atoms with Crippen LogP contribution < -0.4 is 4.74 Å². The molecule has 1 aromatic heterocycles. The molecule has 1 N–H and O–H groups in total. The van der Waals surface area contributed by atoms with Crippen LogP contribution >= 0.6 is 0 Å². The lowest BCUT2D eigenvalue weighted by molar-refractivity contribution is -0.0670. The third-order valence-corrected chi connectivity index (χ3v) is 5.95. The maximum absolute atomic E-state index is 11.3. The first-order chi connectivity index (χ1) is 13.0. The molecule has 0 spiro atoms. The Hall–Kier alpha value is -2.11. The molecular formula is C22H29N3O2. The molecule has 2 fully saturated rings. The Morgan fingerprint density at radius 1 is 1.30 bits per heavy atom. The molecule has 0 saturated carbocycles. The highest BCUT2D eigenvalue weighted by Crippen LogP contribution is 2.46. The van der Waals surface area contributed by atoms with Gasteiger partial charge in [0.05, 0.1) is 0 Å². The number of fused-ring (bicyclic) bond motifs is 2. The summed E-state index contributed by atoms with van der Waals surface area (Å²) in [5.41, 5.74) is 1.40. The quantitative estimate of drug-likeness (QED) is 0.795. The first-order valence-corrected chi connectivity index (χ1v) is 9.77. The van der Waals surface area contributed by atoms with Gasteiger partial charge >= 0.3 is 0 Å². The van der Waals surface area contributed by atoms with Crippen molar-refractivity contribution in [3.63, 3.8) is 0 Å². The van der Waals surface area contributed by atoms with Gasteiger partial charge < -0.3 is 14.4 Å². The molecule has 0 aliphatic carbocycles. The van der Waals surface area contributed by atoms with Crippen molar-refractivity contribution in [2.45, 2.75) is 56.8 Å². The highest BCUT2D eigenvalue weighted by Gasteiger charge is 2.49. The Labute approximate surface area is 161 Å². The average molecular weight is 367 g/mol. The van der Waals surface area contributed by atoms with E-state index < -0.39 is 5.60 Å². The van der Waals surface area contributed by atoms with Crippen molar-refractivity contribution in [3.8, 4) is 5.75 Å². The van der Waals surface area contributed by atoms with Gasteiger partial charge in [-0.15, -0.1) is 0 Å².